The predicted molar refractivity (Wildman–Crippen MR) is 68.1 cm³/mol. The van der Waals surface area contributed by atoms with E-state index in [9.17, 15) is 0 Å². The van der Waals surface area contributed by atoms with Crippen LogP contribution in [-0.4, -0.2) is 12.8 Å². The van der Waals surface area contributed by atoms with Crippen LogP contribution in [0.4, 0.5) is 0 Å². The average molecular weight is 231 g/mol. The molecule has 16 heavy (non-hydrogen) atoms. The van der Waals surface area contributed by atoms with E-state index >= 15 is 0 Å². The van der Waals surface area contributed by atoms with Crippen molar-refractivity contribution >= 4 is 17.0 Å². The van der Waals surface area contributed by atoms with Crippen LogP contribution in [0, 0.1) is 6.92 Å². The van der Waals surface area contributed by atoms with Crippen molar-refractivity contribution in [2.45, 2.75) is 6.92 Å². The highest BCUT2D eigenvalue weighted by atomic mass is 32.1. The molecule has 0 aliphatic rings. The molecular weight excluding hydrogens is 218 g/mol. The normalized spacial score (nSPS) is 11.5. The van der Waals surface area contributed by atoms with Crippen LogP contribution in [0.2, 0.25) is 0 Å². The van der Waals surface area contributed by atoms with Crippen LogP contribution in [0.3, 0.4) is 0 Å². The van der Waals surface area contributed by atoms with Crippen molar-refractivity contribution in [3.05, 3.63) is 57.8 Å². The van der Waals surface area contributed by atoms with Gasteiger partial charge in [-0.05, 0) is 18.4 Å². The average Bonchev–Trinajstić information content (AvgIpc) is 2.81. The second-order valence-electron chi connectivity index (χ2n) is 3.50. The topological polar surface area (TPSA) is 21.6 Å². The fourth-order valence-corrected chi connectivity index (χ4v) is 2.11. The van der Waals surface area contributed by atoms with Crippen molar-refractivity contribution in [2.75, 3.05) is 7.11 Å². The molecule has 0 amide bonds. The van der Waals surface area contributed by atoms with E-state index in [4.69, 9.17) is 4.84 Å². The molecule has 2 aromatic rings. The molecule has 0 saturated carbocycles. The lowest BCUT2D eigenvalue weighted by atomic mass is 10.0. The summed E-state index contributed by atoms with van der Waals surface area (Å²) in [6.45, 7) is 2.07. The fraction of sp³-hybridized carbons (Fsp3) is 0.154. The molecule has 0 aliphatic heterocycles. The Morgan fingerprint density at radius 3 is 2.44 bits per heavy atom. The first-order valence-electron chi connectivity index (χ1n) is 5.02. The number of rotatable bonds is 3. The van der Waals surface area contributed by atoms with Gasteiger partial charge in [0, 0.05) is 16.5 Å². The minimum atomic E-state index is 0.878. The number of benzene rings is 1. The zero-order valence-electron chi connectivity index (χ0n) is 9.31. The third kappa shape index (κ3) is 2.31. The zero-order valence-corrected chi connectivity index (χ0v) is 10.1. The Morgan fingerprint density at radius 2 is 1.88 bits per heavy atom. The van der Waals surface area contributed by atoms with Crippen LogP contribution >= 0.6 is 11.3 Å². The zero-order chi connectivity index (χ0) is 11.4. The van der Waals surface area contributed by atoms with Gasteiger partial charge in [0.1, 0.15) is 12.8 Å². The molecule has 1 aromatic heterocycles. The highest BCUT2D eigenvalue weighted by Gasteiger charge is 2.07. The van der Waals surface area contributed by atoms with E-state index in [1.807, 2.05) is 11.4 Å². The van der Waals surface area contributed by atoms with Crippen LogP contribution in [0.1, 0.15) is 16.7 Å². The summed E-state index contributed by atoms with van der Waals surface area (Å²) in [6.07, 6.45) is 0. The number of nitrogens with zero attached hydrogens (tertiary/aromatic N) is 1. The molecule has 0 aliphatic carbocycles. The van der Waals surface area contributed by atoms with Gasteiger partial charge in [-0.15, -0.1) is 0 Å². The largest absolute Gasteiger partial charge is 0.399 e. The summed E-state index contributed by atoms with van der Waals surface area (Å²) in [5.41, 5.74) is 4.29. The Labute approximate surface area is 99.2 Å². The third-order valence-corrected chi connectivity index (χ3v) is 2.99. The second kappa shape index (κ2) is 4.94. The number of hydrogen-bond donors (Lipinski definition) is 0. The third-order valence-electron chi connectivity index (χ3n) is 2.30. The van der Waals surface area contributed by atoms with Crippen LogP contribution in [0.15, 0.2) is 46.2 Å². The molecule has 82 valence electrons. The molecule has 0 atom stereocenters. The smallest absolute Gasteiger partial charge is 0.118 e. The van der Waals surface area contributed by atoms with Crippen LogP contribution in [0.5, 0.6) is 0 Å². The molecule has 0 spiro atoms. The molecule has 0 radical (unpaired) electrons. The Balaban J connectivity index is 2.41. The summed E-state index contributed by atoms with van der Waals surface area (Å²) in [5, 5.41) is 8.19. The number of hydrogen-bond acceptors (Lipinski definition) is 3. The highest BCUT2D eigenvalue weighted by Crippen LogP contribution is 2.15. The first-order chi connectivity index (χ1) is 7.81. The summed E-state index contributed by atoms with van der Waals surface area (Å²) < 4.78 is 0. The van der Waals surface area contributed by atoms with Crippen molar-refractivity contribution in [1.82, 2.24) is 0 Å². The fourth-order valence-electron chi connectivity index (χ4n) is 1.47. The lowest BCUT2D eigenvalue weighted by Gasteiger charge is -2.04. The summed E-state index contributed by atoms with van der Waals surface area (Å²) in [7, 11) is 1.57. The minimum absolute atomic E-state index is 0.878. The Kier molecular flexibility index (Phi) is 3.37. The molecule has 2 nitrogen and oxygen atoms in total. The Hall–Kier alpha value is -1.61. The van der Waals surface area contributed by atoms with Gasteiger partial charge in [-0.1, -0.05) is 35.0 Å². The van der Waals surface area contributed by atoms with Crippen molar-refractivity contribution in [3.8, 4) is 0 Å². The number of thiophene rings is 1. The maximum absolute atomic E-state index is 4.91. The summed E-state index contributed by atoms with van der Waals surface area (Å²) in [5.74, 6) is 0. The lowest BCUT2D eigenvalue weighted by molar-refractivity contribution is 0.214. The second-order valence-corrected chi connectivity index (χ2v) is 4.28. The SMILES string of the molecule is CON=C(c1ccc(C)cc1)c1ccsc1. The first kappa shape index (κ1) is 10.9. The van der Waals surface area contributed by atoms with E-state index in [0.717, 1.165) is 16.8 Å². The van der Waals surface area contributed by atoms with Gasteiger partial charge >= 0.3 is 0 Å². The van der Waals surface area contributed by atoms with E-state index in [1.54, 1.807) is 18.4 Å². The van der Waals surface area contributed by atoms with Gasteiger partial charge in [0.05, 0.1) is 0 Å². The van der Waals surface area contributed by atoms with Gasteiger partial charge in [0.15, 0.2) is 0 Å². The van der Waals surface area contributed by atoms with Crippen molar-refractivity contribution in [3.63, 3.8) is 0 Å². The predicted octanol–water partition coefficient (Wildman–Crippen LogP) is 3.46. The van der Waals surface area contributed by atoms with Gasteiger partial charge in [-0.3, -0.25) is 0 Å². The van der Waals surface area contributed by atoms with E-state index in [1.165, 1.54) is 5.56 Å². The monoisotopic (exact) mass is 231 g/mol. The standard InChI is InChI=1S/C13H13NOS/c1-10-3-5-11(6-4-10)13(14-15-2)12-7-8-16-9-12/h3-9H,1-2H3. The molecule has 0 N–H and O–H groups in total. The molecule has 0 fully saturated rings. The number of aryl methyl sites for hydroxylation is 1. The molecule has 0 saturated heterocycles. The number of oxime groups is 1. The lowest BCUT2D eigenvalue weighted by Crippen LogP contribution is -2.02. The van der Waals surface area contributed by atoms with Crippen LogP contribution in [-0.2, 0) is 4.84 Å². The van der Waals surface area contributed by atoms with E-state index in [2.05, 4.69) is 41.7 Å². The van der Waals surface area contributed by atoms with Gasteiger partial charge in [0.2, 0.25) is 0 Å². The maximum Gasteiger partial charge on any atom is 0.118 e. The van der Waals surface area contributed by atoms with Gasteiger partial charge in [-0.2, -0.15) is 11.3 Å². The van der Waals surface area contributed by atoms with Gasteiger partial charge in [0.25, 0.3) is 0 Å². The first-order valence-corrected chi connectivity index (χ1v) is 5.96. The molecule has 3 heteroatoms. The highest BCUT2D eigenvalue weighted by molar-refractivity contribution is 7.08. The van der Waals surface area contributed by atoms with Crippen LogP contribution < -0.4 is 0 Å². The molecular formula is C13H13NOS. The van der Waals surface area contributed by atoms with E-state index in [-0.39, 0.29) is 0 Å². The molecule has 0 unspecified atom stereocenters. The Bertz CT molecular complexity index is 471. The molecule has 0 bridgehead atoms. The van der Waals surface area contributed by atoms with Crippen molar-refractivity contribution in [1.29, 1.82) is 0 Å². The van der Waals surface area contributed by atoms with Gasteiger partial charge in [-0.25, -0.2) is 0 Å². The van der Waals surface area contributed by atoms with Crippen molar-refractivity contribution < 1.29 is 4.84 Å². The summed E-state index contributed by atoms with van der Waals surface area (Å²) in [6, 6.07) is 10.3. The maximum atomic E-state index is 4.91. The quantitative estimate of drug-likeness (QED) is 0.585. The van der Waals surface area contributed by atoms with Crippen LogP contribution in [0.25, 0.3) is 0 Å². The molecule has 1 aromatic carbocycles. The minimum Gasteiger partial charge on any atom is -0.399 e. The van der Waals surface area contributed by atoms with Crippen molar-refractivity contribution in [2.24, 2.45) is 5.16 Å². The van der Waals surface area contributed by atoms with E-state index < -0.39 is 0 Å². The summed E-state index contributed by atoms with van der Waals surface area (Å²) >= 11 is 1.66. The molecule has 2 rings (SSSR count). The molecule has 1 heterocycles. The Morgan fingerprint density at radius 1 is 1.12 bits per heavy atom. The summed E-state index contributed by atoms with van der Waals surface area (Å²) in [4.78, 5) is 4.91. The van der Waals surface area contributed by atoms with Gasteiger partial charge < -0.3 is 4.84 Å². The van der Waals surface area contributed by atoms with E-state index in [0.29, 0.717) is 0 Å².